The molecule has 2 aromatic rings. The van der Waals surface area contributed by atoms with Crippen LogP contribution in [-0.2, 0) is 4.79 Å². The van der Waals surface area contributed by atoms with Crippen molar-refractivity contribution in [3.05, 3.63) is 65.7 Å². The van der Waals surface area contributed by atoms with Crippen molar-refractivity contribution in [3.8, 4) is 5.75 Å². The summed E-state index contributed by atoms with van der Waals surface area (Å²) in [6.45, 7) is 6.63. The first-order valence-corrected chi connectivity index (χ1v) is 8.90. The fourth-order valence-electron chi connectivity index (χ4n) is 2.99. The molecule has 0 radical (unpaired) electrons. The number of aryl methyl sites for hydroxylation is 1. The van der Waals surface area contributed by atoms with Gasteiger partial charge in [-0.3, -0.25) is 9.69 Å². The minimum absolute atomic E-state index is 0.0442. The second-order valence-electron chi connectivity index (χ2n) is 6.76. The molecule has 1 aliphatic heterocycles. The maximum atomic E-state index is 12.1. The molecule has 0 bridgehead atoms. The average Bonchev–Trinajstić information content (AvgIpc) is 2.59. The molecule has 25 heavy (non-hydrogen) atoms. The van der Waals surface area contributed by atoms with Crippen molar-refractivity contribution in [2.75, 3.05) is 19.6 Å². The van der Waals surface area contributed by atoms with Crippen molar-refractivity contribution in [2.45, 2.75) is 32.4 Å². The van der Waals surface area contributed by atoms with E-state index in [1.165, 1.54) is 5.56 Å². The summed E-state index contributed by atoms with van der Waals surface area (Å²) in [4.78, 5) is 14.4. The highest BCUT2D eigenvalue weighted by atomic mass is 16.5. The van der Waals surface area contributed by atoms with Crippen LogP contribution in [-0.4, -0.2) is 36.5 Å². The van der Waals surface area contributed by atoms with Crippen molar-refractivity contribution >= 4 is 5.91 Å². The molecule has 4 heteroatoms. The lowest BCUT2D eigenvalue weighted by molar-refractivity contribution is -0.122. The van der Waals surface area contributed by atoms with Gasteiger partial charge in [0.15, 0.2) is 0 Å². The van der Waals surface area contributed by atoms with Gasteiger partial charge in [0.25, 0.3) is 0 Å². The first-order valence-electron chi connectivity index (χ1n) is 8.90. The van der Waals surface area contributed by atoms with Crippen LogP contribution in [0.25, 0.3) is 0 Å². The van der Waals surface area contributed by atoms with Gasteiger partial charge in [-0.1, -0.05) is 48.0 Å². The number of amides is 1. The Labute approximate surface area is 149 Å². The highest BCUT2D eigenvalue weighted by Crippen LogP contribution is 2.19. The van der Waals surface area contributed by atoms with Crippen LogP contribution in [0.15, 0.2) is 54.6 Å². The molecule has 0 aromatic heterocycles. The van der Waals surface area contributed by atoms with Gasteiger partial charge < -0.3 is 10.1 Å². The molecule has 1 atom stereocenters. The van der Waals surface area contributed by atoms with Crippen LogP contribution < -0.4 is 10.1 Å². The zero-order chi connectivity index (χ0) is 17.6. The molecule has 1 N–H and O–H groups in total. The van der Waals surface area contributed by atoms with E-state index >= 15 is 0 Å². The van der Waals surface area contributed by atoms with E-state index in [9.17, 15) is 4.79 Å². The molecule has 0 saturated carbocycles. The number of nitrogens with zero attached hydrogens (tertiary/aromatic N) is 1. The molecule has 1 aliphatic rings. The number of hydrogen-bond donors (Lipinski definition) is 1. The van der Waals surface area contributed by atoms with Gasteiger partial charge in [-0.15, -0.1) is 0 Å². The minimum atomic E-state index is 0.0442. The second-order valence-corrected chi connectivity index (χ2v) is 6.76. The van der Waals surface area contributed by atoms with Crippen LogP contribution in [0.5, 0.6) is 5.75 Å². The number of rotatable bonds is 7. The van der Waals surface area contributed by atoms with E-state index < -0.39 is 0 Å². The lowest BCUT2D eigenvalue weighted by atomic mass is 10.1. The Balaban J connectivity index is 1.33. The molecule has 1 fully saturated rings. The van der Waals surface area contributed by atoms with Crippen molar-refractivity contribution in [3.63, 3.8) is 0 Å². The summed E-state index contributed by atoms with van der Waals surface area (Å²) >= 11 is 0. The van der Waals surface area contributed by atoms with Gasteiger partial charge in [-0.2, -0.15) is 0 Å². The highest BCUT2D eigenvalue weighted by Gasteiger charge is 2.28. The van der Waals surface area contributed by atoms with Crippen molar-refractivity contribution in [1.82, 2.24) is 10.2 Å². The first-order chi connectivity index (χ1) is 12.1. The normalized spacial score (nSPS) is 16.1. The Bertz CT molecular complexity index is 679. The molecule has 1 unspecified atom stereocenters. The molecule has 1 saturated heterocycles. The maximum absolute atomic E-state index is 12.1. The van der Waals surface area contributed by atoms with Gasteiger partial charge in [0.1, 0.15) is 11.9 Å². The third-order valence-corrected chi connectivity index (χ3v) is 4.58. The van der Waals surface area contributed by atoms with E-state index in [0.29, 0.717) is 6.42 Å². The van der Waals surface area contributed by atoms with Gasteiger partial charge in [0.2, 0.25) is 5.91 Å². The van der Waals surface area contributed by atoms with Gasteiger partial charge in [0, 0.05) is 26.1 Å². The van der Waals surface area contributed by atoms with Gasteiger partial charge >= 0.3 is 0 Å². The maximum Gasteiger partial charge on any atom is 0.221 e. The van der Waals surface area contributed by atoms with Gasteiger partial charge in [0.05, 0.1) is 6.04 Å². The number of hydrogen-bond acceptors (Lipinski definition) is 3. The van der Waals surface area contributed by atoms with E-state index in [1.807, 2.05) is 49.4 Å². The number of benzene rings is 2. The molecular formula is C21H26N2O2. The Morgan fingerprint density at radius 3 is 2.52 bits per heavy atom. The van der Waals surface area contributed by atoms with E-state index in [4.69, 9.17) is 4.74 Å². The number of likely N-dealkylation sites (tertiary alicyclic amines) is 1. The zero-order valence-electron chi connectivity index (χ0n) is 14.9. The predicted octanol–water partition coefficient (Wildman–Crippen LogP) is 3.33. The third-order valence-electron chi connectivity index (χ3n) is 4.58. The molecule has 0 spiro atoms. The van der Waals surface area contributed by atoms with Gasteiger partial charge in [-0.05, 0) is 31.5 Å². The summed E-state index contributed by atoms with van der Waals surface area (Å²) in [5.41, 5.74) is 2.37. The SMILES string of the molecule is Cc1ccc(OC2CN(CCC(=O)NC(C)c3ccccc3)C2)cc1. The van der Waals surface area contributed by atoms with Crippen LogP contribution in [0.1, 0.15) is 30.5 Å². The number of carbonyl (C=O) groups excluding carboxylic acids is 1. The van der Waals surface area contributed by atoms with Gasteiger partial charge in [-0.25, -0.2) is 0 Å². The van der Waals surface area contributed by atoms with E-state index in [0.717, 1.165) is 30.9 Å². The molecule has 4 nitrogen and oxygen atoms in total. The van der Waals surface area contributed by atoms with Crippen LogP contribution in [0.4, 0.5) is 0 Å². The second kappa shape index (κ2) is 8.17. The van der Waals surface area contributed by atoms with E-state index in [1.54, 1.807) is 0 Å². The lowest BCUT2D eigenvalue weighted by Crippen LogP contribution is -2.54. The van der Waals surface area contributed by atoms with Crippen molar-refractivity contribution in [2.24, 2.45) is 0 Å². The van der Waals surface area contributed by atoms with Crippen LogP contribution in [0, 0.1) is 6.92 Å². The van der Waals surface area contributed by atoms with E-state index in [-0.39, 0.29) is 18.1 Å². The quantitative estimate of drug-likeness (QED) is 0.842. The van der Waals surface area contributed by atoms with Crippen LogP contribution >= 0.6 is 0 Å². The fraction of sp³-hybridized carbons (Fsp3) is 0.381. The van der Waals surface area contributed by atoms with E-state index in [2.05, 4.69) is 29.3 Å². The summed E-state index contributed by atoms with van der Waals surface area (Å²) < 4.78 is 5.92. The molecule has 0 aliphatic carbocycles. The summed E-state index contributed by atoms with van der Waals surface area (Å²) in [5.74, 6) is 1.02. The fourth-order valence-corrected chi connectivity index (χ4v) is 2.99. The average molecular weight is 338 g/mol. The largest absolute Gasteiger partial charge is 0.488 e. The topological polar surface area (TPSA) is 41.6 Å². The molecule has 3 rings (SSSR count). The first kappa shape index (κ1) is 17.5. The number of nitrogens with one attached hydrogen (secondary N) is 1. The monoisotopic (exact) mass is 338 g/mol. The Hall–Kier alpha value is -2.33. The smallest absolute Gasteiger partial charge is 0.221 e. The van der Waals surface area contributed by atoms with Crippen molar-refractivity contribution in [1.29, 1.82) is 0 Å². The number of carbonyl (C=O) groups is 1. The van der Waals surface area contributed by atoms with Crippen molar-refractivity contribution < 1.29 is 9.53 Å². The summed E-state index contributed by atoms with van der Waals surface area (Å²) in [5, 5.41) is 3.06. The highest BCUT2D eigenvalue weighted by molar-refractivity contribution is 5.76. The van der Waals surface area contributed by atoms with Crippen LogP contribution in [0.3, 0.4) is 0 Å². The molecule has 1 heterocycles. The lowest BCUT2D eigenvalue weighted by Gasteiger charge is -2.38. The molecular weight excluding hydrogens is 312 g/mol. The third kappa shape index (κ3) is 5.07. The summed E-state index contributed by atoms with van der Waals surface area (Å²) in [6, 6.07) is 18.2. The molecule has 2 aromatic carbocycles. The summed E-state index contributed by atoms with van der Waals surface area (Å²) in [7, 11) is 0. The predicted molar refractivity (Wildman–Crippen MR) is 99.7 cm³/mol. The van der Waals surface area contributed by atoms with Crippen LogP contribution in [0.2, 0.25) is 0 Å². The Morgan fingerprint density at radius 1 is 1.16 bits per heavy atom. The minimum Gasteiger partial charge on any atom is -0.488 e. The molecule has 132 valence electrons. The number of ether oxygens (including phenoxy) is 1. The Morgan fingerprint density at radius 2 is 1.84 bits per heavy atom. The summed E-state index contributed by atoms with van der Waals surface area (Å²) in [6.07, 6.45) is 0.753. The standard InChI is InChI=1S/C21H26N2O2/c1-16-8-10-19(11-9-16)25-20-14-23(15-20)13-12-21(24)22-17(2)18-6-4-3-5-7-18/h3-11,17,20H,12-15H2,1-2H3,(H,22,24). The molecule has 1 amide bonds. The zero-order valence-corrected chi connectivity index (χ0v) is 14.9. The Kier molecular flexibility index (Phi) is 5.71.